The largest absolute Gasteiger partial charge is 0.309 e. The number of fused-ring (bicyclic) bond motifs is 8. The minimum absolute atomic E-state index is 0.226. The van der Waals surface area contributed by atoms with Gasteiger partial charge in [-0.25, -0.2) is 0 Å². The summed E-state index contributed by atoms with van der Waals surface area (Å²) in [7, 11) is 0. The van der Waals surface area contributed by atoms with Crippen molar-refractivity contribution in [1.29, 1.82) is 0 Å². The Morgan fingerprint density at radius 1 is 0.508 bits per heavy atom. The number of para-hydroxylation sites is 2. The summed E-state index contributed by atoms with van der Waals surface area (Å²) in [6.45, 7) is 0. The molecular weight excluding hydrogens is 785 g/mol. The van der Waals surface area contributed by atoms with Crippen molar-refractivity contribution in [1.82, 2.24) is 4.57 Å². The van der Waals surface area contributed by atoms with E-state index in [1.165, 1.54) is 82.3 Å². The van der Waals surface area contributed by atoms with Crippen LogP contribution in [0.2, 0.25) is 0 Å². The van der Waals surface area contributed by atoms with Crippen LogP contribution in [0.25, 0.3) is 49.0 Å². The summed E-state index contributed by atoms with van der Waals surface area (Å²) in [5, 5.41) is 7.44. The van der Waals surface area contributed by atoms with Crippen LogP contribution in [-0.4, -0.2) is 4.57 Å². The molecule has 0 spiro atoms. The summed E-state index contributed by atoms with van der Waals surface area (Å²) in [4.78, 5) is 2.51. The molecule has 1 aromatic heterocycles. The lowest BCUT2D eigenvalue weighted by molar-refractivity contribution is 0.724. The van der Waals surface area contributed by atoms with Gasteiger partial charge in [-0.3, -0.25) is 0 Å². The quantitative estimate of drug-likeness (QED) is 0.145. The minimum atomic E-state index is -0.369. The maximum atomic E-state index is 2.63. The zero-order valence-corrected chi connectivity index (χ0v) is 36.1. The van der Waals surface area contributed by atoms with Crippen LogP contribution < -0.4 is 4.90 Å². The highest BCUT2D eigenvalue weighted by molar-refractivity contribution is 6.19. The van der Waals surface area contributed by atoms with Gasteiger partial charge in [-0.2, -0.15) is 0 Å². The average Bonchev–Trinajstić information content (AvgIpc) is 3.88. The first kappa shape index (κ1) is 37.6. The van der Waals surface area contributed by atoms with Gasteiger partial charge in [0.25, 0.3) is 0 Å². The van der Waals surface area contributed by atoms with Gasteiger partial charge in [0.2, 0.25) is 0 Å². The van der Waals surface area contributed by atoms with Crippen molar-refractivity contribution in [2.45, 2.75) is 30.6 Å². The number of aromatic nitrogens is 1. The maximum Gasteiger partial charge on any atom is 0.0707 e. The molecule has 0 bridgehead atoms. The smallest absolute Gasteiger partial charge is 0.0707 e. The van der Waals surface area contributed by atoms with E-state index in [-0.39, 0.29) is 11.3 Å². The van der Waals surface area contributed by atoms with Gasteiger partial charge >= 0.3 is 0 Å². The van der Waals surface area contributed by atoms with Gasteiger partial charge < -0.3 is 9.47 Å². The van der Waals surface area contributed by atoms with Crippen molar-refractivity contribution in [3.8, 4) is 5.69 Å². The highest BCUT2D eigenvalue weighted by Gasteiger charge is 2.50. The predicted octanol–water partition coefficient (Wildman–Crippen LogP) is 16.5. The van der Waals surface area contributed by atoms with Gasteiger partial charge in [0, 0.05) is 33.5 Å². The Bertz CT molecular complexity index is 3570. The summed E-state index contributed by atoms with van der Waals surface area (Å²) in [5.41, 5.74) is 16.4. The molecule has 2 heteroatoms. The Kier molecular flexibility index (Phi) is 8.74. The summed E-state index contributed by atoms with van der Waals surface area (Å²) < 4.78 is 2.42. The van der Waals surface area contributed by atoms with E-state index in [1.807, 2.05) is 0 Å². The molecule has 2 nitrogen and oxygen atoms in total. The van der Waals surface area contributed by atoms with Crippen molar-refractivity contribution < 1.29 is 0 Å². The topological polar surface area (TPSA) is 8.17 Å². The number of nitrogens with zero attached hydrogens (tertiary/aromatic N) is 2. The Morgan fingerprint density at radius 3 is 1.94 bits per heavy atom. The van der Waals surface area contributed by atoms with E-state index < -0.39 is 0 Å². The lowest BCUT2D eigenvalue weighted by Gasteiger charge is -2.37. The number of hydrogen-bond acceptors (Lipinski definition) is 1. The molecule has 0 N–H and O–H groups in total. The number of allylic oxidation sites excluding steroid dienone is 8. The number of anilines is 3. The van der Waals surface area contributed by atoms with Crippen molar-refractivity contribution in [3.05, 3.63) is 276 Å². The molecular formula is C63H46N2. The van der Waals surface area contributed by atoms with Gasteiger partial charge in [-0.1, -0.05) is 188 Å². The molecule has 1 heterocycles. The normalized spacial score (nSPS) is 16.5. The van der Waals surface area contributed by atoms with Crippen LogP contribution in [-0.2, 0) is 5.41 Å². The molecule has 0 saturated carbocycles. The van der Waals surface area contributed by atoms with Crippen LogP contribution in [0.5, 0.6) is 0 Å². The van der Waals surface area contributed by atoms with Crippen LogP contribution >= 0.6 is 0 Å². The fourth-order valence-electron chi connectivity index (χ4n) is 11.7. The first-order valence-electron chi connectivity index (χ1n) is 23.1. The fourth-order valence-corrected chi connectivity index (χ4v) is 11.7. The lowest BCUT2D eigenvalue weighted by Crippen LogP contribution is -2.30. The Morgan fingerprint density at radius 2 is 1.15 bits per heavy atom. The van der Waals surface area contributed by atoms with Crippen LogP contribution in [0.4, 0.5) is 17.1 Å². The first-order chi connectivity index (χ1) is 32.3. The van der Waals surface area contributed by atoms with E-state index in [2.05, 4.69) is 246 Å². The second-order valence-corrected chi connectivity index (χ2v) is 17.8. The number of benzene rings is 9. The highest BCUT2D eigenvalue weighted by Crippen LogP contribution is 2.60. The molecule has 0 aliphatic heterocycles. The van der Waals surface area contributed by atoms with Gasteiger partial charge in [-0.15, -0.1) is 0 Å². The summed E-state index contributed by atoms with van der Waals surface area (Å²) >= 11 is 0. The standard InChI is InChI=1S/C63H46N2/c1-4-19-46(20-5-1)63(47-21-6-2-7-22-47)56-29-14-12-26-52(56)53-40-37-45(42-57(53)63)43-34-38-49(39-35-43)65(58-31-16-28-51-50-25-11-10-18-44(50)36-41-54(51)58)61-33-17-32-60-62(61)55-27-13-15-30-59(55)64(60)48-23-8-3-9-24-48/h1-11,13-25,27-36,38-42,45H,12,26,37H2. The Labute approximate surface area is 380 Å². The van der Waals surface area contributed by atoms with Gasteiger partial charge in [0.1, 0.15) is 0 Å². The highest BCUT2D eigenvalue weighted by atomic mass is 15.1. The summed E-state index contributed by atoms with van der Waals surface area (Å²) in [5.74, 6) is 0.226. The molecule has 0 fully saturated rings. The summed E-state index contributed by atoms with van der Waals surface area (Å²) in [6, 6.07) is 78.6. The van der Waals surface area contributed by atoms with Crippen LogP contribution in [0.1, 0.15) is 41.9 Å². The molecule has 3 aliphatic rings. The zero-order valence-electron chi connectivity index (χ0n) is 36.1. The van der Waals surface area contributed by atoms with Crippen LogP contribution in [0, 0.1) is 0 Å². The predicted molar refractivity (Wildman–Crippen MR) is 273 cm³/mol. The molecule has 10 aromatic rings. The lowest BCUT2D eigenvalue weighted by atomic mass is 9.64. The van der Waals surface area contributed by atoms with Crippen LogP contribution in [0.3, 0.4) is 0 Å². The fraction of sp³-hybridized carbons (Fsp3) is 0.0794. The molecule has 9 aromatic carbocycles. The number of hydrogen-bond donors (Lipinski definition) is 0. The summed E-state index contributed by atoms with van der Waals surface area (Å²) in [6.07, 6.45) is 13.1. The van der Waals surface area contributed by atoms with E-state index in [1.54, 1.807) is 0 Å². The average molecular weight is 831 g/mol. The minimum Gasteiger partial charge on any atom is -0.309 e. The molecule has 0 saturated heterocycles. The van der Waals surface area contributed by atoms with E-state index in [9.17, 15) is 0 Å². The van der Waals surface area contributed by atoms with Crippen molar-refractivity contribution in [3.63, 3.8) is 0 Å². The van der Waals surface area contributed by atoms with Crippen molar-refractivity contribution in [2.75, 3.05) is 4.90 Å². The van der Waals surface area contributed by atoms with E-state index >= 15 is 0 Å². The second kappa shape index (κ2) is 15.1. The van der Waals surface area contributed by atoms with Crippen LogP contribution in [0.15, 0.2) is 259 Å². The molecule has 1 unspecified atom stereocenters. The third-order valence-electron chi connectivity index (χ3n) is 14.5. The molecule has 0 amide bonds. The third kappa shape index (κ3) is 5.73. The molecule has 0 radical (unpaired) electrons. The van der Waals surface area contributed by atoms with E-state index in [0.717, 1.165) is 42.0 Å². The SMILES string of the molecule is C1=CC2=C(CC1)C1=CCC(c3ccc(N(c4cccc5c4ccc4ccccc45)c4cccc5c4c4ccccc4n5-c4ccccc4)cc3)C=C1C2(c1ccccc1)c1ccccc1. The van der Waals surface area contributed by atoms with E-state index in [0.29, 0.717) is 0 Å². The Hall–Kier alpha value is -7.94. The molecule has 1 atom stereocenters. The van der Waals surface area contributed by atoms with Gasteiger partial charge in [0.05, 0.1) is 27.8 Å². The molecule has 65 heavy (non-hydrogen) atoms. The molecule has 308 valence electrons. The third-order valence-corrected chi connectivity index (χ3v) is 14.5. The molecule has 3 aliphatic carbocycles. The van der Waals surface area contributed by atoms with Gasteiger partial charge in [-0.05, 0) is 123 Å². The first-order valence-corrected chi connectivity index (χ1v) is 23.1. The Balaban J connectivity index is 0.996. The van der Waals surface area contributed by atoms with E-state index in [4.69, 9.17) is 0 Å². The number of rotatable bonds is 7. The second-order valence-electron chi connectivity index (χ2n) is 17.8. The zero-order chi connectivity index (χ0) is 42.9. The monoisotopic (exact) mass is 830 g/mol. The maximum absolute atomic E-state index is 2.63. The van der Waals surface area contributed by atoms with Gasteiger partial charge in [0.15, 0.2) is 0 Å². The molecule has 13 rings (SSSR count). The van der Waals surface area contributed by atoms with Crippen molar-refractivity contribution >= 4 is 60.4 Å². The van der Waals surface area contributed by atoms with Crippen molar-refractivity contribution in [2.24, 2.45) is 0 Å².